The number of benzene rings is 1. The number of ether oxygens (including phenoxy) is 2. The van der Waals surface area contributed by atoms with Crippen molar-refractivity contribution in [1.29, 1.82) is 0 Å². The number of nitrogens with zero attached hydrogens (tertiary/aromatic N) is 1. The smallest absolute Gasteiger partial charge is 0.146 e. The van der Waals surface area contributed by atoms with Crippen LogP contribution in [-0.4, -0.2) is 46.6 Å². The molecule has 0 aromatic heterocycles. The van der Waals surface area contributed by atoms with Gasteiger partial charge in [0.25, 0.3) is 0 Å². The minimum atomic E-state index is -0.203. The molecule has 0 fully saturated rings. The van der Waals surface area contributed by atoms with E-state index in [0.717, 1.165) is 5.56 Å². The Hall–Kier alpha value is -1.17. The normalized spacial score (nSPS) is 11.1. The van der Waals surface area contributed by atoms with Gasteiger partial charge in [0.05, 0.1) is 18.9 Å². The Labute approximate surface area is 127 Å². The molecule has 1 N–H and O–H groups in total. The first-order chi connectivity index (χ1) is 10.1. The highest BCUT2D eigenvalue weighted by molar-refractivity contribution is 5.55. The Balaban J connectivity index is 2.96. The molecule has 0 heterocycles. The maximum atomic E-state index is 14.3. The maximum Gasteiger partial charge on any atom is 0.146 e. The summed E-state index contributed by atoms with van der Waals surface area (Å²) >= 11 is 0. The third-order valence-corrected chi connectivity index (χ3v) is 3.22. The fraction of sp³-hybridized carbons (Fsp3) is 0.625. The zero-order chi connectivity index (χ0) is 15.7. The Morgan fingerprint density at radius 1 is 1.14 bits per heavy atom. The SMILES string of the molecule is COCCN(CCOC)c1c(F)cccc1CNC(C)C. The minimum absolute atomic E-state index is 0.203. The van der Waals surface area contributed by atoms with Crippen LogP contribution >= 0.6 is 0 Å². The van der Waals surface area contributed by atoms with Crippen LogP contribution in [0, 0.1) is 5.82 Å². The highest BCUT2D eigenvalue weighted by Gasteiger charge is 2.16. The molecule has 1 aromatic carbocycles. The molecule has 1 aromatic rings. The summed E-state index contributed by atoms with van der Waals surface area (Å²) in [6.45, 7) is 7.16. The molecule has 4 nitrogen and oxygen atoms in total. The van der Waals surface area contributed by atoms with Crippen LogP contribution < -0.4 is 10.2 Å². The molecule has 0 saturated carbocycles. The van der Waals surface area contributed by atoms with Gasteiger partial charge in [-0.05, 0) is 11.6 Å². The van der Waals surface area contributed by atoms with E-state index in [-0.39, 0.29) is 5.82 Å². The van der Waals surface area contributed by atoms with Crippen molar-refractivity contribution >= 4 is 5.69 Å². The van der Waals surface area contributed by atoms with E-state index < -0.39 is 0 Å². The second-order valence-electron chi connectivity index (χ2n) is 5.26. The van der Waals surface area contributed by atoms with Crippen LogP contribution in [0.2, 0.25) is 0 Å². The Kier molecular flexibility index (Phi) is 8.27. The first kappa shape index (κ1) is 17.9. The molecular formula is C16H27FN2O2. The summed E-state index contributed by atoms with van der Waals surface area (Å²) in [4.78, 5) is 1.99. The number of rotatable bonds is 10. The molecule has 0 atom stereocenters. The van der Waals surface area contributed by atoms with Gasteiger partial charge in [0.1, 0.15) is 5.82 Å². The molecule has 5 heteroatoms. The largest absolute Gasteiger partial charge is 0.383 e. The summed E-state index contributed by atoms with van der Waals surface area (Å²) in [5.74, 6) is -0.203. The maximum absolute atomic E-state index is 14.3. The molecule has 0 spiro atoms. The summed E-state index contributed by atoms with van der Waals surface area (Å²) in [6.07, 6.45) is 0. The number of methoxy groups -OCH3 is 2. The molecule has 120 valence electrons. The van der Waals surface area contributed by atoms with Crippen molar-refractivity contribution in [2.24, 2.45) is 0 Å². The average molecular weight is 298 g/mol. The van der Waals surface area contributed by atoms with Crippen LogP contribution in [0.25, 0.3) is 0 Å². The molecule has 1 rings (SSSR count). The molecule has 0 aliphatic rings. The van der Waals surface area contributed by atoms with Crippen molar-refractivity contribution in [3.05, 3.63) is 29.6 Å². The molecular weight excluding hydrogens is 271 g/mol. The van der Waals surface area contributed by atoms with E-state index in [0.29, 0.717) is 44.6 Å². The second kappa shape index (κ2) is 9.71. The van der Waals surface area contributed by atoms with Gasteiger partial charge in [0, 0.05) is 39.9 Å². The van der Waals surface area contributed by atoms with Crippen LogP contribution in [0.3, 0.4) is 0 Å². The molecule has 0 bridgehead atoms. The van der Waals surface area contributed by atoms with Crippen LogP contribution in [0.15, 0.2) is 18.2 Å². The quantitative estimate of drug-likeness (QED) is 0.719. The number of hydrogen-bond acceptors (Lipinski definition) is 4. The first-order valence-corrected chi connectivity index (χ1v) is 7.33. The van der Waals surface area contributed by atoms with Crippen LogP contribution in [0.1, 0.15) is 19.4 Å². The van der Waals surface area contributed by atoms with Gasteiger partial charge in [0.2, 0.25) is 0 Å². The van der Waals surface area contributed by atoms with Gasteiger partial charge in [-0.25, -0.2) is 4.39 Å². The van der Waals surface area contributed by atoms with Crippen molar-refractivity contribution in [3.63, 3.8) is 0 Å². The van der Waals surface area contributed by atoms with Gasteiger partial charge in [0.15, 0.2) is 0 Å². The Bertz CT molecular complexity index is 405. The van der Waals surface area contributed by atoms with E-state index in [1.807, 2.05) is 11.0 Å². The number of para-hydroxylation sites is 1. The summed E-state index contributed by atoms with van der Waals surface area (Å²) in [5, 5.41) is 3.34. The second-order valence-corrected chi connectivity index (χ2v) is 5.26. The van der Waals surface area contributed by atoms with Crippen LogP contribution in [0.5, 0.6) is 0 Å². The van der Waals surface area contributed by atoms with E-state index in [9.17, 15) is 4.39 Å². The van der Waals surface area contributed by atoms with Crippen molar-refractivity contribution in [1.82, 2.24) is 5.32 Å². The number of halogens is 1. The summed E-state index contributed by atoms with van der Waals surface area (Å²) < 4.78 is 24.6. The van der Waals surface area contributed by atoms with Crippen molar-refractivity contribution in [3.8, 4) is 0 Å². The standard InChI is InChI=1S/C16H27FN2O2/c1-13(2)18-12-14-6-5-7-15(17)16(14)19(8-10-20-3)9-11-21-4/h5-7,13,18H,8-12H2,1-4H3. The monoisotopic (exact) mass is 298 g/mol. The molecule has 0 saturated heterocycles. The number of nitrogens with one attached hydrogen (secondary N) is 1. The van der Waals surface area contributed by atoms with E-state index in [4.69, 9.17) is 9.47 Å². The van der Waals surface area contributed by atoms with Gasteiger partial charge in [-0.1, -0.05) is 26.0 Å². The predicted molar refractivity (Wildman–Crippen MR) is 84.3 cm³/mol. The van der Waals surface area contributed by atoms with Crippen molar-refractivity contribution in [2.45, 2.75) is 26.4 Å². The summed E-state index contributed by atoms with van der Waals surface area (Å²) in [7, 11) is 3.30. The molecule has 0 aliphatic carbocycles. The van der Waals surface area contributed by atoms with E-state index in [2.05, 4.69) is 19.2 Å². The lowest BCUT2D eigenvalue weighted by Gasteiger charge is -2.27. The van der Waals surface area contributed by atoms with Gasteiger partial charge in [-0.3, -0.25) is 0 Å². The summed E-state index contributed by atoms with van der Waals surface area (Å²) in [6, 6.07) is 5.56. The van der Waals surface area contributed by atoms with E-state index in [1.54, 1.807) is 20.3 Å². The predicted octanol–water partition coefficient (Wildman–Crippen LogP) is 2.42. The van der Waals surface area contributed by atoms with Crippen molar-refractivity contribution < 1.29 is 13.9 Å². The lowest BCUT2D eigenvalue weighted by atomic mass is 10.1. The third kappa shape index (κ3) is 5.99. The van der Waals surface area contributed by atoms with E-state index >= 15 is 0 Å². The van der Waals surface area contributed by atoms with Crippen LogP contribution in [0.4, 0.5) is 10.1 Å². The zero-order valence-corrected chi connectivity index (χ0v) is 13.5. The molecule has 21 heavy (non-hydrogen) atoms. The fourth-order valence-corrected chi connectivity index (χ4v) is 2.11. The topological polar surface area (TPSA) is 33.7 Å². The highest BCUT2D eigenvalue weighted by atomic mass is 19.1. The molecule has 0 radical (unpaired) electrons. The minimum Gasteiger partial charge on any atom is -0.383 e. The molecule has 0 aliphatic heterocycles. The third-order valence-electron chi connectivity index (χ3n) is 3.22. The van der Waals surface area contributed by atoms with Gasteiger partial charge < -0.3 is 19.7 Å². The van der Waals surface area contributed by atoms with Crippen LogP contribution in [-0.2, 0) is 16.0 Å². The lowest BCUT2D eigenvalue weighted by molar-refractivity contribution is 0.190. The zero-order valence-electron chi connectivity index (χ0n) is 13.5. The van der Waals surface area contributed by atoms with Gasteiger partial charge in [-0.2, -0.15) is 0 Å². The molecule has 0 unspecified atom stereocenters. The first-order valence-electron chi connectivity index (χ1n) is 7.33. The Morgan fingerprint density at radius 2 is 1.76 bits per heavy atom. The number of hydrogen-bond donors (Lipinski definition) is 1. The summed E-state index contributed by atoms with van der Waals surface area (Å²) in [5.41, 5.74) is 1.59. The molecule has 0 amide bonds. The van der Waals surface area contributed by atoms with E-state index in [1.165, 1.54) is 6.07 Å². The average Bonchev–Trinajstić information content (AvgIpc) is 2.46. The number of anilines is 1. The fourth-order valence-electron chi connectivity index (χ4n) is 2.11. The van der Waals surface area contributed by atoms with Gasteiger partial charge in [-0.15, -0.1) is 0 Å². The highest BCUT2D eigenvalue weighted by Crippen LogP contribution is 2.24. The lowest BCUT2D eigenvalue weighted by Crippen LogP contribution is -2.33. The van der Waals surface area contributed by atoms with Gasteiger partial charge >= 0.3 is 0 Å². The van der Waals surface area contributed by atoms with Crippen molar-refractivity contribution in [2.75, 3.05) is 45.4 Å². The Morgan fingerprint density at radius 3 is 2.29 bits per heavy atom.